The molecule has 0 aliphatic carbocycles. The van der Waals surface area contributed by atoms with Gasteiger partial charge in [-0.2, -0.15) is 0 Å². The van der Waals surface area contributed by atoms with E-state index in [9.17, 15) is 9.90 Å². The van der Waals surface area contributed by atoms with Crippen molar-refractivity contribution in [3.63, 3.8) is 0 Å². The molecule has 0 aliphatic heterocycles. The first kappa shape index (κ1) is 15.3. The zero-order valence-corrected chi connectivity index (χ0v) is 12.9. The van der Waals surface area contributed by atoms with Crippen LogP contribution in [0, 0.1) is 0 Å². The molecular formula is C15H19N3O2S. The van der Waals surface area contributed by atoms with Crippen molar-refractivity contribution >= 4 is 28.1 Å². The van der Waals surface area contributed by atoms with Gasteiger partial charge in [0.2, 0.25) is 0 Å². The zero-order valence-electron chi connectivity index (χ0n) is 12.0. The zero-order chi connectivity index (χ0) is 15.2. The van der Waals surface area contributed by atoms with Crippen molar-refractivity contribution in [2.75, 3.05) is 30.9 Å². The first-order valence-electron chi connectivity index (χ1n) is 6.60. The van der Waals surface area contributed by atoms with Crippen molar-refractivity contribution in [2.24, 2.45) is 0 Å². The molecule has 6 heteroatoms. The number of rotatable bonds is 5. The maximum Gasteiger partial charge on any atom is 0.319 e. The van der Waals surface area contributed by atoms with Gasteiger partial charge in [0.15, 0.2) is 0 Å². The number of thiophene rings is 1. The van der Waals surface area contributed by atoms with Crippen molar-refractivity contribution < 1.29 is 9.90 Å². The SMILES string of the molecule is CN(C)c1ccc([C@@H](O)CNC(=O)Nc2cccs2)cc1. The highest BCUT2D eigenvalue weighted by molar-refractivity contribution is 7.14. The third-order valence-electron chi connectivity index (χ3n) is 3.01. The minimum Gasteiger partial charge on any atom is -0.387 e. The van der Waals surface area contributed by atoms with Gasteiger partial charge in [0.05, 0.1) is 11.1 Å². The molecule has 1 heterocycles. The van der Waals surface area contributed by atoms with E-state index in [1.54, 1.807) is 0 Å². The number of nitrogens with zero attached hydrogens (tertiary/aromatic N) is 1. The lowest BCUT2D eigenvalue weighted by Gasteiger charge is -2.15. The minimum atomic E-state index is -0.727. The van der Waals surface area contributed by atoms with Crippen molar-refractivity contribution in [3.05, 3.63) is 47.3 Å². The monoisotopic (exact) mass is 305 g/mol. The summed E-state index contributed by atoms with van der Waals surface area (Å²) in [7, 11) is 3.92. The largest absolute Gasteiger partial charge is 0.387 e. The first-order valence-corrected chi connectivity index (χ1v) is 7.48. The summed E-state index contributed by atoms with van der Waals surface area (Å²) in [6.07, 6.45) is -0.727. The maximum absolute atomic E-state index is 11.7. The molecule has 0 bridgehead atoms. The maximum atomic E-state index is 11.7. The average molecular weight is 305 g/mol. The van der Waals surface area contributed by atoms with Crippen molar-refractivity contribution in [1.29, 1.82) is 0 Å². The Bertz CT molecular complexity index is 567. The van der Waals surface area contributed by atoms with Gasteiger partial charge in [-0.3, -0.25) is 5.32 Å². The molecule has 0 saturated heterocycles. The van der Waals surface area contributed by atoms with Crippen LogP contribution in [0.1, 0.15) is 11.7 Å². The topological polar surface area (TPSA) is 64.6 Å². The summed E-state index contributed by atoms with van der Waals surface area (Å²) in [5.41, 5.74) is 1.84. The van der Waals surface area contributed by atoms with Gasteiger partial charge in [-0.15, -0.1) is 11.3 Å². The second-order valence-corrected chi connectivity index (χ2v) is 5.76. The van der Waals surface area contributed by atoms with Crippen LogP contribution in [-0.4, -0.2) is 31.8 Å². The van der Waals surface area contributed by atoms with E-state index < -0.39 is 6.10 Å². The molecule has 112 valence electrons. The molecule has 3 N–H and O–H groups in total. The predicted octanol–water partition coefficient (Wildman–Crippen LogP) is 2.67. The molecule has 2 aromatic rings. The highest BCUT2D eigenvalue weighted by Crippen LogP contribution is 2.18. The molecule has 2 rings (SSSR count). The Morgan fingerprint density at radius 3 is 2.57 bits per heavy atom. The van der Waals surface area contributed by atoms with E-state index in [0.29, 0.717) is 0 Å². The van der Waals surface area contributed by atoms with E-state index in [0.717, 1.165) is 16.3 Å². The Labute approximate surface area is 128 Å². The van der Waals surface area contributed by atoms with Crippen LogP contribution in [0.5, 0.6) is 0 Å². The van der Waals surface area contributed by atoms with E-state index in [2.05, 4.69) is 10.6 Å². The Morgan fingerprint density at radius 2 is 2.00 bits per heavy atom. The molecule has 5 nitrogen and oxygen atoms in total. The van der Waals surface area contributed by atoms with Crippen molar-refractivity contribution in [1.82, 2.24) is 5.32 Å². The van der Waals surface area contributed by atoms with Gasteiger partial charge in [-0.05, 0) is 35.2 Å². The molecule has 0 unspecified atom stereocenters. The molecule has 21 heavy (non-hydrogen) atoms. The van der Waals surface area contributed by atoms with Crippen LogP contribution >= 0.6 is 11.3 Å². The fraction of sp³-hybridized carbons (Fsp3) is 0.267. The summed E-state index contributed by atoms with van der Waals surface area (Å²) >= 11 is 1.45. The molecule has 0 fully saturated rings. The molecule has 1 atom stereocenters. The van der Waals surface area contributed by atoms with Gasteiger partial charge in [-0.1, -0.05) is 12.1 Å². The molecule has 0 spiro atoms. The van der Waals surface area contributed by atoms with E-state index in [4.69, 9.17) is 0 Å². The Kier molecular flexibility index (Phi) is 5.19. The lowest BCUT2D eigenvalue weighted by molar-refractivity contribution is 0.175. The van der Waals surface area contributed by atoms with Gasteiger partial charge in [0, 0.05) is 26.3 Å². The number of urea groups is 1. The van der Waals surface area contributed by atoms with E-state index in [-0.39, 0.29) is 12.6 Å². The number of hydrogen-bond acceptors (Lipinski definition) is 4. The van der Waals surface area contributed by atoms with Gasteiger partial charge >= 0.3 is 6.03 Å². The summed E-state index contributed by atoms with van der Waals surface area (Å²) in [5.74, 6) is 0. The van der Waals surface area contributed by atoms with Crippen LogP contribution < -0.4 is 15.5 Å². The number of nitrogens with one attached hydrogen (secondary N) is 2. The van der Waals surface area contributed by atoms with Gasteiger partial charge in [-0.25, -0.2) is 4.79 Å². The molecular weight excluding hydrogens is 286 g/mol. The van der Waals surface area contributed by atoms with Crippen LogP contribution in [0.3, 0.4) is 0 Å². The Hall–Kier alpha value is -2.05. The highest BCUT2D eigenvalue weighted by Gasteiger charge is 2.10. The third-order valence-corrected chi connectivity index (χ3v) is 3.79. The number of benzene rings is 1. The van der Waals surface area contributed by atoms with Crippen LogP contribution in [0.4, 0.5) is 15.5 Å². The second-order valence-electron chi connectivity index (χ2n) is 4.81. The summed E-state index contributed by atoms with van der Waals surface area (Å²) in [6, 6.07) is 11.0. The van der Waals surface area contributed by atoms with Crippen LogP contribution in [0.15, 0.2) is 41.8 Å². The minimum absolute atomic E-state index is 0.165. The molecule has 0 saturated carbocycles. The summed E-state index contributed by atoms with van der Waals surface area (Å²) in [5, 5.41) is 18.1. The van der Waals surface area contributed by atoms with Gasteiger partial charge in [0.25, 0.3) is 0 Å². The number of aliphatic hydroxyl groups is 1. The number of aliphatic hydroxyl groups excluding tert-OH is 1. The Balaban J connectivity index is 1.83. The predicted molar refractivity (Wildman–Crippen MR) is 87.1 cm³/mol. The lowest BCUT2D eigenvalue weighted by Crippen LogP contribution is -2.32. The number of anilines is 2. The number of carbonyl (C=O) groups is 1. The summed E-state index contributed by atoms with van der Waals surface area (Å²) in [6.45, 7) is 0.165. The highest BCUT2D eigenvalue weighted by atomic mass is 32.1. The third kappa shape index (κ3) is 4.47. The number of carbonyl (C=O) groups excluding carboxylic acids is 1. The molecule has 0 aliphatic rings. The number of hydrogen-bond donors (Lipinski definition) is 3. The fourth-order valence-electron chi connectivity index (χ4n) is 1.81. The first-order chi connectivity index (χ1) is 10.1. The van der Waals surface area contributed by atoms with Crippen LogP contribution in [-0.2, 0) is 0 Å². The molecule has 0 radical (unpaired) electrons. The van der Waals surface area contributed by atoms with Crippen LogP contribution in [0.25, 0.3) is 0 Å². The van der Waals surface area contributed by atoms with E-state index >= 15 is 0 Å². The van der Waals surface area contributed by atoms with Crippen LogP contribution in [0.2, 0.25) is 0 Å². The van der Waals surface area contributed by atoms with Crippen molar-refractivity contribution in [2.45, 2.75) is 6.10 Å². The summed E-state index contributed by atoms with van der Waals surface area (Å²) < 4.78 is 0. The molecule has 2 amide bonds. The lowest BCUT2D eigenvalue weighted by atomic mass is 10.1. The quantitative estimate of drug-likeness (QED) is 0.796. The fourth-order valence-corrected chi connectivity index (χ4v) is 2.42. The molecule has 1 aromatic heterocycles. The van der Waals surface area contributed by atoms with Gasteiger partial charge in [0.1, 0.15) is 0 Å². The van der Waals surface area contributed by atoms with Gasteiger partial charge < -0.3 is 15.3 Å². The summed E-state index contributed by atoms with van der Waals surface area (Å²) in [4.78, 5) is 13.6. The molecule has 1 aromatic carbocycles. The standard InChI is InChI=1S/C15H19N3O2S/c1-18(2)12-7-5-11(6-8-12)13(19)10-16-15(20)17-14-4-3-9-21-14/h3-9,13,19H,10H2,1-2H3,(H2,16,17,20)/t13-/m0/s1. The average Bonchev–Trinajstić information content (AvgIpc) is 2.97. The smallest absolute Gasteiger partial charge is 0.319 e. The van der Waals surface area contributed by atoms with E-state index in [1.165, 1.54) is 11.3 Å². The van der Waals surface area contributed by atoms with E-state index in [1.807, 2.05) is 60.8 Å². The second kappa shape index (κ2) is 7.10. The Morgan fingerprint density at radius 1 is 1.29 bits per heavy atom. The normalized spacial score (nSPS) is 11.8. The van der Waals surface area contributed by atoms with Crippen molar-refractivity contribution in [3.8, 4) is 0 Å². The number of amides is 2.